The molecule has 0 saturated carbocycles. The summed E-state index contributed by atoms with van der Waals surface area (Å²) < 4.78 is 29.5. The molecule has 0 aliphatic carbocycles. The second-order valence-corrected chi connectivity index (χ2v) is 8.87. The summed E-state index contributed by atoms with van der Waals surface area (Å²) in [5.74, 6) is -0.882. The molecule has 11 heteroatoms. The van der Waals surface area contributed by atoms with Crippen LogP contribution >= 0.6 is 11.6 Å². The van der Waals surface area contributed by atoms with Crippen LogP contribution in [0.4, 0.5) is 20.4 Å². The number of benzene rings is 1. The lowest BCUT2D eigenvalue weighted by Gasteiger charge is -2.30. The van der Waals surface area contributed by atoms with Crippen LogP contribution in [0, 0.1) is 11.6 Å². The lowest BCUT2D eigenvalue weighted by atomic mass is 10.1. The van der Waals surface area contributed by atoms with Gasteiger partial charge in [-0.3, -0.25) is 9.69 Å². The van der Waals surface area contributed by atoms with Crippen molar-refractivity contribution >= 4 is 29.1 Å². The maximum atomic E-state index is 14.4. The van der Waals surface area contributed by atoms with Gasteiger partial charge in [-0.1, -0.05) is 18.0 Å². The number of carbonyl (C=O) groups excluding carboxylic acids is 1. The normalized spacial score (nSPS) is 16.3. The van der Waals surface area contributed by atoms with Crippen molar-refractivity contribution in [3.05, 3.63) is 64.2 Å². The fourth-order valence-electron chi connectivity index (χ4n) is 4.32. The molecule has 178 valence electrons. The predicted molar refractivity (Wildman–Crippen MR) is 124 cm³/mol. The molecule has 1 N–H and O–H groups in total. The van der Waals surface area contributed by atoms with E-state index in [-0.39, 0.29) is 22.8 Å². The Morgan fingerprint density at radius 3 is 2.68 bits per heavy atom. The highest BCUT2D eigenvalue weighted by molar-refractivity contribution is 6.31. The number of piperidine rings is 1. The standard InChI is InChI=1S/C23H24ClF2N7O/c24-20-16(17(25)4-5-18(20)26)14-32-11-7-27-21-22(32)29-19(12-28-21)23(34)33-10-6-15(30-33)13-31-8-2-1-3-9-31/h4-6,10,12H,1-3,7-9,11,13-14H2,(H,27,28). The Labute approximate surface area is 200 Å². The Kier molecular flexibility index (Phi) is 6.42. The van der Waals surface area contributed by atoms with Crippen molar-refractivity contribution in [3.8, 4) is 0 Å². The van der Waals surface area contributed by atoms with E-state index in [9.17, 15) is 13.6 Å². The first-order valence-corrected chi connectivity index (χ1v) is 11.7. The number of hydrogen-bond acceptors (Lipinski definition) is 7. The van der Waals surface area contributed by atoms with Crippen LogP contribution in [0.5, 0.6) is 0 Å². The van der Waals surface area contributed by atoms with Crippen LogP contribution in [0.15, 0.2) is 30.6 Å². The smallest absolute Gasteiger partial charge is 0.298 e. The van der Waals surface area contributed by atoms with E-state index in [2.05, 4.69) is 25.3 Å². The minimum Gasteiger partial charge on any atom is -0.365 e. The molecular formula is C23H24ClF2N7O. The number of nitrogens with zero attached hydrogens (tertiary/aromatic N) is 6. The van der Waals surface area contributed by atoms with Crippen LogP contribution in [0.25, 0.3) is 0 Å². The zero-order chi connectivity index (χ0) is 23.7. The molecule has 0 spiro atoms. The molecule has 5 rings (SSSR count). The molecule has 2 aromatic heterocycles. The van der Waals surface area contributed by atoms with Gasteiger partial charge in [-0.15, -0.1) is 0 Å². The number of fused-ring (bicyclic) bond motifs is 1. The summed E-state index contributed by atoms with van der Waals surface area (Å²) >= 11 is 6.02. The largest absolute Gasteiger partial charge is 0.365 e. The van der Waals surface area contributed by atoms with Gasteiger partial charge in [-0.05, 0) is 44.1 Å². The molecule has 4 heterocycles. The van der Waals surface area contributed by atoms with Gasteiger partial charge in [0.05, 0.1) is 16.9 Å². The van der Waals surface area contributed by atoms with Crippen LogP contribution in [0.3, 0.4) is 0 Å². The molecule has 3 aromatic rings. The minimum absolute atomic E-state index is 0.00875. The van der Waals surface area contributed by atoms with Gasteiger partial charge in [0.1, 0.15) is 11.6 Å². The van der Waals surface area contributed by atoms with E-state index < -0.39 is 17.5 Å². The number of carbonyl (C=O) groups is 1. The Morgan fingerprint density at radius 2 is 1.85 bits per heavy atom. The molecule has 8 nitrogen and oxygen atoms in total. The van der Waals surface area contributed by atoms with Crippen LogP contribution in [0.2, 0.25) is 5.02 Å². The topological polar surface area (TPSA) is 79.2 Å². The maximum Gasteiger partial charge on any atom is 0.298 e. The van der Waals surface area contributed by atoms with Crippen molar-refractivity contribution in [1.82, 2.24) is 24.6 Å². The number of nitrogens with one attached hydrogen (secondary N) is 1. The van der Waals surface area contributed by atoms with E-state index in [1.165, 1.54) is 30.1 Å². The van der Waals surface area contributed by atoms with Crippen LogP contribution < -0.4 is 10.2 Å². The quantitative estimate of drug-likeness (QED) is 0.549. The zero-order valence-electron chi connectivity index (χ0n) is 18.5. The Bertz CT molecular complexity index is 1210. The fraction of sp³-hybridized carbons (Fsp3) is 0.391. The first kappa shape index (κ1) is 22.7. The molecule has 0 amide bonds. The number of hydrogen-bond donors (Lipinski definition) is 1. The second-order valence-electron chi connectivity index (χ2n) is 8.49. The summed E-state index contributed by atoms with van der Waals surface area (Å²) in [6, 6.07) is 3.87. The summed E-state index contributed by atoms with van der Waals surface area (Å²) in [5.41, 5.74) is 0.953. The molecule has 0 bridgehead atoms. The van der Waals surface area contributed by atoms with E-state index in [1.54, 1.807) is 11.1 Å². The average molecular weight is 488 g/mol. The second kappa shape index (κ2) is 9.63. The number of aromatic nitrogens is 4. The highest BCUT2D eigenvalue weighted by Crippen LogP contribution is 2.30. The van der Waals surface area contributed by atoms with Crippen molar-refractivity contribution in [2.75, 3.05) is 36.4 Å². The predicted octanol–water partition coefficient (Wildman–Crippen LogP) is 3.71. The third kappa shape index (κ3) is 4.60. The van der Waals surface area contributed by atoms with E-state index in [0.29, 0.717) is 31.3 Å². The van der Waals surface area contributed by atoms with Gasteiger partial charge in [0.15, 0.2) is 17.3 Å². The highest BCUT2D eigenvalue weighted by Gasteiger charge is 2.25. The fourth-order valence-corrected chi connectivity index (χ4v) is 4.54. The van der Waals surface area contributed by atoms with Crippen LogP contribution in [-0.4, -0.2) is 56.7 Å². The molecular weight excluding hydrogens is 464 g/mol. The number of anilines is 2. The SMILES string of the molecule is O=C(c1cnc2c(n1)N(Cc1c(F)ccc(F)c1Cl)CCN2)n1ccc(CN2CCCCC2)n1. The Morgan fingerprint density at radius 1 is 1.06 bits per heavy atom. The first-order chi connectivity index (χ1) is 16.5. The summed E-state index contributed by atoms with van der Waals surface area (Å²) in [6.07, 6.45) is 6.63. The van der Waals surface area contributed by atoms with Crippen molar-refractivity contribution in [3.63, 3.8) is 0 Å². The molecule has 0 unspecified atom stereocenters. The van der Waals surface area contributed by atoms with Gasteiger partial charge in [0.2, 0.25) is 0 Å². The van der Waals surface area contributed by atoms with Crippen molar-refractivity contribution in [2.24, 2.45) is 0 Å². The van der Waals surface area contributed by atoms with E-state index >= 15 is 0 Å². The summed E-state index contributed by atoms with van der Waals surface area (Å²) in [4.78, 5) is 26.0. The highest BCUT2D eigenvalue weighted by atomic mass is 35.5. The Hall–Kier alpha value is -3.11. The molecule has 1 aromatic carbocycles. The van der Waals surface area contributed by atoms with Crippen molar-refractivity contribution < 1.29 is 13.6 Å². The molecule has 34 heavy (non-hydrogen) atoms. The van der Waals surface area contributed by atoms with Gasteiger partial charge in [-0.25, -0.2) is 23.4 Å². The van der Waals surface area contributed by atoms with Crippen molar-refractivity contribution in [2.45, 2.75) is 32.4 Å². The molecule has 1 saturated heterocycles. The first-order valence-electron chi connectivity index (χ1n) is 11.3. The summed E-state index contributed by atoms with van der Waals surface area (Å²) in [6.45, 7) is 3.75. The van der Waals surface area contributed by atoms with Gasteiger partial charge < -0.3 is 10.2 Å². The third-order valence-electron chi connectivity index (χ3n) is 6.12. The molecule has 2 aliphatic rings. The number of rotatable bonds is 5. The number of halogens is 3. The lowest BCUT2D eigenvalue weighted by Crippen LogP contribution is -2.35. The van der Waals surface area contributed by atoms with E-state index in [1.807, 2.05) is 6.07 Å². The molecule has 0 atom stereocenters. The molecule has 1 fully saturated rings. The molecule has 2 aliphatic heterocycles. The monoisotopic (exact) mass is 487 g/mol. The summed E-state index contributed by atoms with van der Waals surface area (Å²) in [7, 11) is 0. The van der Waals surface area contributed by atoms with Gasteiger partial charge >= 0.3 is 0 Å². The third-order valence-corrected chi connectivity index (χ3v) is 6.53. The van der Waals surface area contributed by atoms with E-state index in [0.717, 1.165) is 30.9 Å². The van der Waals surface area contributed by atoms with Gasteiger partial charge in [-0.2, -0.15) is 5.10 Å². The number of likely N-dealkylation sites (tertiary alicyclic amines) is 1. The van der Waals surface area contributed by atoms with Gasteiger partial charge in [0, 0.05) is 37.9 Å². The summed E-state index contributed by atoms with van der Waals surface area (Å²) in [5, 5.41) is 7.29. The van der Waals surface area contributed by atoms with Crippen molar-refractivity contribution in [1.29, 1.82) is 0 Å². The zero-order valence-corrected chi connectivity index (χ0v) is 19.2. The van der Waals surface area contributed by atoms with Gasteiger partial charge in [0.25, 0.3) is 5.91 Å². The Balaban J connectivity index is 1.37. The van der Waals surface area contributed by atoms with Crippen LogP contribution in [-0.2, 0) is 13.1 Å². The van der Waals surface area contributed by atoms with Crippen LogP contribution in [0.1, 0.15) is 41.0 Å². The average Bonchev–Trinajstić information content (AvgIpc) is 3.32. The molecule has 0 radical (unpaired) electrons. The minimum atomic E-state index is -0.692. The van der Waals surface area contributed by atoms with E-state index in [4.69, 9.17) is 11.6 Å². The maximum absolute atomic E-state index is 14.4. The lowest BCUT2D eigenvalue weighted by molar-refractivity contribution is 0.0938.